The molecule has 1 aliphatic rings. The van der Waals surface area contributed by atoms with Gasteiger partial charge in [-0.25, -0.2) is 4.68 Å². The molecule has 0 aliphatic carbocycles. The highest BCUT2D eigenvalue weighted by atomic mass is 79.9. The molecule has 0 radical (unpaired) electrons. The Bertz CT molecular complexity index is 1600. The number of benzene rings is 1. The predicted molar refractivity (Wildman–Crippen MR) is 155 cm³/mol. The molecule has 4 rings (SSSR count). The van der Waals surface area contributed by atoms with Crippen molar-refractivity contribution in [3.05, 3.63) is 60.2 Å². The molecular weight excluding hydrogens is 586 g/mol. The topological polar surface area (TPSA) is 109 Å². The van der Waals surface area contributed by atoms with Gasteiger partial charge in [0.1, 0.15) is 4.90 Å². The summed E-state index contributed by atoms with van der Waals surface area (Å²) in [5.41, 5.74) is 1.47. The highest BCUT2D eigenvalue weighted by Gasteiger charge is 2.31. The van der Waals surface area contributed by atoms with Gasteiger partial charge in [0.2, 0.25) is 0 Å². The number of hydrogen-bond acceptors (Lipinski definition) is 7. The molecule has 1 fully saturated rings. The van der Waals surface area contributed by atoms with Gasteiger partial charge in [0.15, 0.2) is 0 Å². The minimum Gasteiger partial charge on any atom is -0.381 e. The molecule has 3 aromatic rings. The number of aryl methyl sites for hydroxylation is 1. The Morgan fingerprint density at radius 2 is 1.54 bits per heavy atom. The Labute approximate surface area is 237 Å². The molecule has 11 heteroatoms. The third-order valence-corrected chi connectivity index (χ3v) is 9.34. The van der Waals surface area contributed by atoms with E-state index in [1.54, 1.807) is 0 Å². The second-order valence-corrected chi connectivity index (χ2v) is 13.3. The molecule has 0 bridgehead atoms. The lowest BCUT2D eigenvalue weighted by molar-refractivity contribution is 0.0687. The van der Waals surface area contributed by atoms with Crippen molar-refractivity contribution >= 4 is 36.8 Å². The van der Waals surface area contributed by atoms with Crippen molar-refractivity contribution in [2.75, 3.05) is 13.2 Å². The summed E-state index contributed by atoms with van der Waals surface area (Å²) >= 11 is 3.31. The average Bonchev–Trinajstić information content (AvgIpc) is 2.88. The van der Waals surface area contributed by atoms with Gasteiger partial charge in [-0.15, -0.1) is 5.10 Å². The number of rotatable bonds is 7. The van der Waals surface area contributed by atoms with E-state index >= 15 is 0 Å². The van der Waals surface area contributed by atoms with E-state index in [1.807, 2.05) is 39.8 Å². The average molecular weight is 623 g/mol. The fraction of sp³-hybridized carbons (Fsp3) is 0.536. The first kappa shape index (κ1) is 29.5. The van der Waals surface area contributed by atoms with Crippen LogP contribution in [-0.2, 0) is 21.9 Å². The summed E-state index contributed by atoms with van der Waals surface area (Å²) in [6.07, 6.45) is 2.72. The van der Waals surface area contributed by atoms with E-state index in [0.717, 1.165) is 10.2 Å². The quantitative estimate of drug-likeness (QED) is 0.327. The summed E-state index contributed by atoms with van der Waals surface area (Å²) in [4.78, 5) is 26.4. The molecular formula is C28H36BrN3O6S. The Morgan fingerprint density at radius 3 is 2.05 bits per heavy atom. The summed E-state index contributed by atoms with van der Waals surface area (Å²) in [5, 5.41) is 4.38. The Kier molecular flexibility index (Phi) is 8.45. The van der Waals surface area contributed by atoms with Crippen molar-refractivity contribution < 1.29 is 17.3 Å². The molecule has 9 nitrogen and oxygen atoms in total. The second-order valence-electron chi connectivity index (χ2n) is 11.1. The predicted octanol–water partition coefficient (Wildman–Crippen LogP) is 5.35. The van der Waals surface area contributed by atoms with Crippen LogP contribution in [0.1, 0.15) is 94.9 Å². The van der Waals surface area contributed by atoms with Crippen LogP contribution in [0.2, 0.25) is 0 Å². The fourth-order valence-corrected chi connectivity index (χ4v) is 7.16. The molecule has 3 heterocycles. The minimum absolute atomic E-state index is 0.0225. The number of pyridine rings is 1. The molecule has 0 N–H and O–H groups in total. The van der Waals surface area contributed by atoms with Crippen LogP contribution in [0.5, 0.6) is 5.88 Å². The second kappa shape index (κ2) is 11.2. The zero-order chi connectivity index (χ0) is 28.8. The molecule has 0 amide bonds. The Hall–Kier alpha value is -2.50. The molecule has 1 aromatic carbocycles. The Balaban J connectivity index is 1.98. The lowest BCUT2D eigenvalue weighted by Crippen LogP contribution is -2.32. The molecule has 0 atom stereocenters. The van der Waals surface area contributed by atoms with Gasteiger partial charge in [0, 0.05) is 32.5 Å². The highest BCUT2D eigenvalue weighted by Crippen LogP contribution is 2.37. The SMILES string of the molecule is CC(C)c1cc(C(C)C)c(S(=O)(=O)Oc2nn(C)c(=O)c3c(Br)c(=O)n(C4CCOCC4)cc23)c(C(C)C)c1. The van der Waals surface area contributed by atoms with Gasteiger partial charge >= 0.3 is 10.1 Å². The molecule has 0 unspecified atom stereocenters. The van der Waals surface area contributed by atoms with Gasteiger partial charge < -0.3 is 13.5 Å². The largest absolute Gasteiger partial charge is 0.381 e. The van der Waals surface area contributed by atoms with Gasteiger partial charge in [0.05, 0.1) is 15.2 Å². The number of hydrogen-bond donors (Lipinski definition) is 0. The minimum atomic E-state index is -4.39. The third kappa shape index (κ3) is 5.58. The van der Waals surface area contributed by atoms with Crippen molar-refractivity contribution in [2.45, 2.75) is 83.1 Å². The van der Waals surface area contributed by atoms with Gasteiger partial charge in [-0.2, -0.15) is 8.42 Å². The number of nitrogens with zero attached hydrogens (tertiary/aromatic N) is 3. The zero-order valence-electron chi connectivity index (χ0n) is 23.4. The Morgan fingerprint density at radius 1 is 0.974 bits per heavy atom. The first-order chi connectivity index (χ1) is 18.2. The molecule has 1 saturated heterocycles. The zero-order valence-corrected chi connectivity index (χ0v) is 25.8. The van der Waals surface area contributed by atoms with Crippen molar-refractivity contribution in [1.82, 2.24) is 14.3 Å². The molecule has 39 heavy (non-hydrogen) atoms. The first-order valence-electron chi connectivity index (χ1n) is 13.3. The standard InChI is InChI=1S/C28H36BrN3O6S/c1-15(2)18-12-20(16(3)4)25(21(13-18)17(5)6)39(35,36)38-26-22-14-32(19-8-10-37-11-9-19)28(34)24(29)23(22)27(33)31(7)30-26/h12-17,19H,8-11H2,1-7H3. The van der Waals surface area contributed by atoms with Gasteiger partial charge in [-0.1, -0.05) is 53.7 Å². The maximum absolute atomic E-state index is 14.1. The van der Waals surface area contributed by atoms with Crippen LogP contribution in [0, 0.1) is 0 Å². The lowest BCUT2D eigenvalue weighted by atomic mass is 9.89. The van der Waals surface area contributed by atoms with Crippen LogP contribution in [0.4, 0.5) is 0 Å². The maximum atomic E-state index is 14.1. The molecule has 212 valence electrons. The summed E-state index contributed by atoms with van der Waals surface area (Å²) in [6.45, 7) is 13.0. The van der Waals surface area contributed by atoms with Gasteiger partial charge in [-0.05, 0) is 63.2 Å². The van der Waals surface area contributed by atoms with Gasteiger partial charge in [0.25, 0.3) is 17.0 Å². The number of fused-ring (bicyclic) bond motifs is 1. The van der Waals surface area contributed by atoms with Crippen molar-refractivity contribution in [3.63, 3.8) is 0 Å². The fourth-order valence-electron chi connectivity index (χ4n) is 4.99. The van der Waals surface area contributed by atoms with E-state index in [1.165, 1.54) is 17.8 Å². The highest BCUT2D eigenvalue weighted by molar-refractivity contribution is 9.10. The summed E-state index contributed by atoms with van der Waals surface area (Å²) in [5.74, 6) is -0.225. The van der Waals surface area contributed by atoms with Crippen molar-refractivity contribution in [3.8, 4) is 5.88 Å². The van der Waals surface area contributed by atoms with Crippen LogP contribution >= 0.6 is 15.9 Å². The summed E-state index contributed by atoms with van der Waals surface area (Å²) in [7, 11) is -2.99. The first-order valence-corrected chi connectivity index (χ1v) is 15.5. The molecule has 0 spiro atoms. The van der Waals surface area contributed by atoms with Crippen molar-refractivity contribution in [1.29, 1.82) is 0 Å². The molecule has 1 aliphatic heterocycles. The van der Waals surface area contributed by atoms with E-state index in [2.05, 4.69) is 34.9 Å². The van der Waals surface area contributed by atoms with Gasteiger partial charge in [-0.3, -0.25) is 9.59 Å². The monoisotopic (exact) mass is 621 g/mol. The van der Waals surface area contributed by atoms with E-state index in [0.29, 0.717) is 37.2 Å². The van der Waals surface area contributed by atoms with E-state index in [4.69, 9.17) is 8.92 Å². The molecule has 0 saturated carbocycles. The van der Waals surface area contributed by atoms with Crippen LogP contribution in [0.25, 0.3) is 10.8 Å². The summed E-state index contributed by atoms with van der Waals surface area (Å²) < 4.78 is 41.9. The van der Waals surface area contributed by atoms with E-state index in [9.17, 15) is 18.0 Å². The summed E-state index contributed by atoms with van der Waals surface area (Å²) in [6, 6.07) is 3.70. The van der Waals surface area contributed by atoms with Crippen LogP contribution in [0.3, 0.4) is 0 Å². The van der Waals surface area contributed by atoms with E-state index < -0.39 is 15.7 Å². The van der Waals surface area contributed by atoms with E-state index in [-0.39, 0.29) is 55.4 Å². The number of ether oxygens (including phenoxy) is 1. The van der Waals surface area contributed by atoms with Crippen LogP contribution < -0.4 is 15.3 Å². The third-order valence-electron chi connectivity index (χ3n) is 7.26. The number of halogens is 1. The maximum Gasteiger partial charge on any atom is 0.341 e. The van der Waals surface area contributed by atoms with Crippen molar-refractivity contribution in [2.24, 2.45) is 7.05 Å². The lowest BCUT2D eigenvalue weighted by Gasteiger charge is -2.25. The normalized spacial score (nSPS) is 15.2. The molecule has 2 aromatic heterocycles. The smallest absolute Gasteiger partial charge is 0.341 e. The number of aromatic nitrogens is 3. The van der Waals surface area contributed by atoms with Crippen LogP contribution in [-0.4, -0.2) is 36.0 Å². The van der Waals surface area contributed by atoms with Crippen LogP contribution in [0.15, 0.2) is 37.3 Å².